The number of carbonyl (C=O) groups is 3. The van der Waals surface area contributed by atoms with Gasteiger partial charge in [0, 0.05) is 50.4 Å². The number of hydrogen-bond donors (Lipinski definition) is 6. The van der Waals surface area contributed by atoms with Gasteiger partial charge in [0.25, 0.3) is 0 Å². The van der Waals surface area contributed by atoms with Gasteiger partial charge in [-0.15, -0.1) is 0 Å². The fourth-order valence-electron chi connectivity index (χ4n) is 6.52. The minimum atomic E-state index is -0.840. The lowest BCUT2D eigenvalue weighted by Gasteiger charge is -2.31. The number of piperidine rings is 1. The Morgan fingerprint density at radius 1 is 0.865 bits per heavy atom. The summed E-state index contributed by atoms with van der Waals surface area (Å²) in [6, 6.07) is 26.4. The van der Waals surface area contributed by atoms with Crippen LogP contribution in [0.3, 0.4) is 0 Å². The summed E-state index contributed by atoms with van der Waals surface area (Å²) >= 11 is 0. The summed E-state index contributed by atoms with van der Waals surface area (Å²) in [5.74, 6) is -0.115. The number of nitrogens with zero attached hydrogens (tertiary/aromatic N) is 1. The van der Waals surface area contributed by atoms with Crippen molar-refractivity contribution in [1.29, 1.82) is 0 Å². The van der Waals surface area contributed by atoms with E-state index in [1.54, 1.807) is 12.1 Å². The lowest BCUT2D eigenvalue weighted by atomic mass is 9.98. The third kappa shape index (κ3) is 10.4. The number of carbonyl (C=O) groups excluding carboxylic acids is 3. The number of aryl methyl sites for hydroxylation is 2. The number of anilines is 3. The molecule has 0 bridgehead atoms. The van der Waals surface area contributed by atoms with Gasteiger partial charge < -0.3 is 35.8 Å². The van der Waals surface area contributed by atoms with E-state index >= 15 is 0 Å². The van der Waals surface area contributed by atoms with Gasteiger partial charge in [0.15, 0.2) is 0 Å². The number of aliphatic hydroxyl groups is 1. The molecule has 11 nitrogen and oxygen atoms in total. The number of nitrogens with one attached hydrogen (secondary N) is 4. The number of benzene rings is 4. The maximum atomic E-state index is 13.1. The molecule has 1 aliphatic rings. The quantitative estimate of drug-likeness (QED) is 0.0562. The van der Waals surface area contributed by atoms with Crippen molar-refractivity contribution >= 4 is 35.5 Å². The zero-order valence-corrected chi connectivity index (χ0v) is 29.9. The summed E-state index contributed by atoms with van der Waals surface area (Å²) in [5.41, 5.74) is 7.52. The first-order valence-electron chi connectivity index (χ1n) is 18.0. The van der Waals surface area contributed by atoms with E-state index in [-0.39, 0.29) is 30.0 Å². The van der Waals surface area contributed by atoms with E-state index in [0.29, 0.717) is 50.0 Å². The van der Waals surface area contributed by atoms with Crippen molar-refractivity contribution in [3.63, 3.8) is 0 Å². The predicted octanol–water partition coefficient (Wildman–Crippen LogP) is 6.62. The molecule has 4 aromatic carbocycles. The van der Waals surface area contributed by atoms with Crippen molar-refractivity contribution in [1.82, 2.24) is 10.2 Å². The van der Waals surface area contributed by atoms with Crippen LogP contribution in [0.15, 0.2) is 84.9 Å². The van der Waals surface area contributed by atoms with Crippen LogP contribution in [0.25, 0.3) is 11.1 Å². The van der Waals surface area contributed by atoms with E-state index < -0.39 is 12.2 Å². The zero-order valence-electron chi connectivity index (χ0n) is 29.9. The van der Waals surface area contributed by atoms with Crippen molar-refractivity contribution < 1.29 is 29.3 Å². The Kier molecular flexibility index (Phi) is 13.8. The molecule has 3 amide bonds. The Labute approximate surface area is 305 Å². The largest absolute Gasteiger partial charge is 0.506 e. The second-order valence-corrected chi connectivity index (χ2v) is 13.0. The molecule has 1 heterocycles. The van der Waals surface area contributed by atoms with Gasteiger partial charge in [0.2, 0.25) is 12.3 Å². The molecule has 0 spiro atoms. The number of likely N-dealkylation sites (tertiary alicyclic amines) is 1. The Bertz CT molecular complexity index is 1810. The lowest BCUT2D eigenvalue weighted by molar-refractivity contribution is -0.116. The number of amides is 3. The fourth-order valence-corrected chi connectivity index (χ4v) is 6.52. The molecule has 274 valence electrons. The summed E-state index contributed by atoms with van der Waals surface area (Å²) in [4.78, 5) is 38.9. The molecule has 1 atom stereocenters. The smallest absolute Gasteiger partial charge is 0.411 e. The van der Waals surface area contributed by atoms with E-state index in [2.05, 4.69) is 46.1 Å². The molecule has 0 saturated carbocycles. The molecule has 0 aromatic heterocycles. The molecule has 1 unspecified atom stereocenters. The number of phenols is 1. The molecule has 0 aliphatic carbocycles. The highest BCUT2D eigenvalue weighted by molar-refractivity contribution is 5.92. The molecule has 1 fully saturated rings. The molecule has 11 heteroatoms. The van der Waals surface area contributed by atoms with Gasteiger partial charge >= 0.3 is 6.09 Å². The van der Waals surface area contributed by atoms with Gasteiger partial charge in [-0.05, 0) is 77.8 Å². The van der Waals surface area contributed by atoms with E-state index in [1.807, 2.05) is 60.7 Å². The van der Waals surface area contributed by atoms with Crippen LogP contribution in [0.5, 0.6) is 5.75 Å². The van der Waals surface area contributed by atoms with Gasteiger partial charge in [-0.3, -0.25) is 14.9 Å². The molecule has 6 N–H and O–H groups in total. The van der Waals surface area contributed by atoms with Crippen LogP contribution in [-0.4, -0.2) is 65.8 Å². The number of aliphatic hydroxyl groups excluding tert-OH is 1. The van der Waals surface area contributed by atoms with Gasteiger partial charge in [0.05, 0.1) is 17.5 Å². The average molecular weight is 708 g/mol. The lowest BCUT2D eigenvalue weighted by Crippen LogP contribution is -2.39. The number of hydrogen-bond acceptors (Lipinski definition) is 8. The van der Waals surface area contributed by atoms with Crippen molar-refractivity contribution in [2.75, 3.05) is 42.1 Å². The third-order valence-corrected chi connectivity index (χ3v) is 9.45. The minimum absolute atomic E-state index is 0.0436. The standard InChI is InChI=1S/C41H49N5O6/c1-3-28-23-36(29(4-2)22-32(28)25-42-26-39(49)31-14-15-38(48)37(24-31)43-27-47)44-40(50)18-21-46-19-16-33(17-20-46)52-41(51)45-35-13-9-8-12-34(35)30-10-6-5-7-11-30/h5-15,22-24,27,33,39,42,48-49H,3-4,16-21,25-26H2,1-2H3,(H,43,47)(H,44,50)(H,45,51). The van der Waals surface area contributed by atoms with E-state index in [0.717, 1.165) is 59.4 Å². The number of rotatable bonds is 16. The SMILES string of the molecule is CCc1cc(NC(=O)CCN2CCC(OC(=O)Nc3ccccc3-c3ccccc3)CC2)c(CC)cc1CNCC(O)c1ccc(O)c(NC=O)c1. The maximum Gasteiger partial charge on any atom is 0.411 e. The predicted molar refractivity (Wildman–Crippen MR) is 204 cm³/mol. The van der Waals surface area contributed by atoms with E-state index in [1.165, 1.54) is 6.07 Å². The number of ether oxygens (including phenoxy) is 1. The maximum absolute atomic E-state index is 13.1. The van der Waals surface area contributed by atoms with E-state index in [9.17, 15) is 24.6 Å². The average Bonchev–Trinajstić information content (AvgIpc) is 3.16. The minimum Gasteiger partial charge on any atom is -0.506 e. The summed E-state index contributed by atoms with van der Waals surface area (Å²) < 4.78 is 5.77. The van der Waals surface area contributed by atoms with Crippen LogP contribution in [0, 0.1) is 0 Å². The van der Waals surface area contributed by atoms with Crippen LogP contribution in [0.4, 0.5) is 21.9 Å². The van der Waals surface area contributed by atoms with Crippen molar-refractivity contribution in [2.24, 2.45) is 0 Å². The zero-order chi connectivity index (χ0) is 36.9. The molecule has 0 radical (unpaired) electrons. The number of aromatic hydroxyl groups is 1. The van der Waals surface area contributed by atoms with Crippen LogP contribution in [-0.2, 0) is 33.7 Å². The number of phenolic OH excluding ortho intramolecular Hbond substituents is 1. The fraction of sp³-hybridized carbons (Fsp3) is 0.341. The van der Waals surface area contributed by atoms with Crippen molar-refractivity contribution in [2.45, 2.75) is 64.7 Å². The van der Waals surface area contributed by atoms with Gasteiger partial charge in [0.1, 0.15) is 11.9 Å². The summed E-state index contributed by atoms with van der Waals surface area (Å²) in [6.07, 6.45) is 2.28. The van der Waals surface area contributed by atoms with Gasteiger partial charge in [-0.2, -0.15) is 0 Å². The summed E-state index contributed by atoms with van der Waals surface area (Å²) in [6.45, 7) is 7.04. The van der Waals surface area contributed by atoms with Crippen LogP contribution < -0.4 is 21.3 Å². The highest BCUT2D eigenvalue weighted by Gasteiger charge is 2.23. The van der Waals surface area contributed by atoms with Gasteiger partial charge in [-0.1, -0.05) is 74.5 Å². The first-order valence-corrected chi connectivity index (χ1v) is 18.0. The van der Waals surface area contributed by atoms with Crippen LogP contribution in [0.1, 0.15) is 61.5 Å². The Hall–Kier alpha value is -5.23. The van der Waals surface area contributed by atoms with Crippen LogP contribution in [0.2, 0.25) is 0 Å². The number of para-hydroxylation sites is 1. The molecular weight excluding hydrogens is 658 g/mol. The molecular formula is C41H49N5O6. The first kappa shape index (κ1) is 38.0. The Balaban J connectivity index is 1.06. The highest BCUT2D eigenvalue weighted by atomic mass is 16.6. The second-order valence-electron chi connectivity index (χ2n) is 13.0. The van der Waals surface area contributed by atoms with Crippen molar-refractivity contribution in [3.8, 4) is 16.9 Å². The van der Waals surface area contributed by atoms with Crippen LogP contribution >= 0.6 is 0 Å². The Morgan fingerprint density at radius 3 is 2.33 bits per heavy atom. The third-order valence-electron chi connectivity index (χ3n) is 9.45. The summed E-state index contributed by atoms with van der Waals surface area (Å²) in [7, 11) is 0. The molecule has 5 rings (SSSR count). The van der Waals surface area contributed by atoms with E-state index in [4.69, 9.17) is 4.74 Å². The van der Waals surface area contributed by atoms with Crippen molar-refractivity contribution in [3.05, 3.63) is 107 Å². The monoisotopic (exact) mass is 707 g/mol. The molecule has 4 aromatic rings. The molecule has 1 aliphatic heterocycles. The van der Waals surface area contributed by atoms with Gasteiger partial charge in [-0.25, -0.2) is 4.79 Å². The topological polar surface area (TPSA) is 152 Å². The highest BCUT2D eigenvalue weighted by Crippen LogP contribution is 2.29. The Morgan fingerprint density at radius 2 is 1.60 bits per heavy atom. The molecule has 52 heavy (non-hydrogen) atoms. The molecule has 1 saturated heterocycles. The first-order chi connectivity index (χ1) is 25.3. The summed E-state index contributed by atoms with van der Waals surface area (Å²) in [5, 5.41) is 32.4. The second kappa shape index (κ2) is 18.8. The normalized spacial score (nSPS) is 14.0.